The van der Waals surface area contributed by atoms with E-state index in [-0.39, 0.29) is 36.4 Å². The smallest absolute Gasteiger partial charge is 0.270 e. The topological polar surface area (TPSA) is 128 Å². The first-order chi connectivity index (χ1) is 23.3. The number of aromatic nitrogens is 3. The normalized spacial score (nSPS) is 24.7. The van der Waals surface area contributed by atoms with Gasteiger partial charge in [0.15, 0.2) is 5.82 Å². The van der Waals surface area contributed by atoms with Gasteiger partial charge in [0.05, 0.1) is 30.6 Å². The van der Waals surface area contributed by atoms with Crippen LogP contribution in [0.1, 0.15) is 47.5 Å². The molecule has 2 bridgehead atoms. The van der Waals surface area contributed by atoms with E-state index in [1.165, 1.54) is 18.9 Å². The molecule has 3 aliphatic carbocycles. The van der Waals surface area contributed by atoms with Crippen molar-refractivity contribution in [3.63, 3.8) is 0 Å². The molecule has 4 aromatic rings. The molecule has 4 atom stereocenters. The minimum Gasteiger partial charge on any atom is -0.494 e. The minimum absolute atomic E-state index is 0.00743. The van der Waals surface area contributed by atoms with E-state index in [9.17, 15) is 14.7 Å². The van der Waals surface area contributed by atoms with Crippen molar-refractivity contribution in [2.45, 2.75) is 50.2 Å². The van der Waals surface area contributed by atoms with Gasteiger partial charge in [-0.3, -0.25) is 9.59 Å². The van der Waals surface area contributed by atoms with Crippen LogP contribution in [-0.4, -0.2) is 74.0 Å². The van der Waals surface area contributed by atoms with Gasteiger partial charge in [0.25, 0.3) is 11.8 Å². The number of aliphatic imine (C=N–C) groups is 1. The van der Waals surface area contributed by atoms with Crippen LogP contribution in [0.5, 0.6) is 5.75 Å². The molecule has 10 nitrogen and oxygen atoms in total. The largest absolute Gasteiger partial charge is 0.494 e. The van der Waals surface area contributed by atoms with Gasteiger partial charge in [-0.15, -0.1) is 0 Å². The predicted molar refractivity (Wildman–Crippen MR) is 184 cm³/mol. The summed E-state index contributed by atoms with van der Waals surface area (Å²) in [5.74, 6) is 2.06. The summed E-state index contributed by atoms with van der Waals surface area (Å²) in [5.41, 5.74) is 13.9. The van der Waals surface area contributed by atoms with E-state index in [0.717, 1.165) is 64.0 Å². The highest BCUT2D eigenvalue weighted by atomic mass is 16.5. The number of hydrogen-bond acceptors (Lipinski definition) is 6. The molecule has 2 aromatic carbocycles. The van der Waals surface area contributed by atoms with Crippen LogP contribution in [0.3, 0.4) is 0 Å². The van der Waals surface area contributed by atoms with Gasteiger partial charge in [-0.05, 0) is 79.0 Å². The highest BCUT2D eigenvalue weighted by Crippen LogP contribution is 2.41. The summed E-state index contributed by atoms with van der Waals surface area (Å²) in [7, 11) is 3.65. The molecule has 2 amide bonds. The van der Waals surface area contributed by atoms with Crippen LogP contribution in [0.15, 0.2) is 76.8 Å². The Kier molecular flexibility index (Phi) is 6.64. The molecule has 1 saturated heterocycles. The van der Waals surface area contributed by atoms with Crippen LogP contribution >= 0.6 is 0 Å². The highest BCUT2D eigenvalue weighted by Gasteiger charge is 2.47. The van der Waals surface area contributed by atoms with E-state index in [1.807, 2.05) is 30.2 Å². The third kappa shape index (κ3) is 4.53. The monoisotopic (exact) mass is 642 g/mol. The van der Waals surface area contributed by atoms with E-state index < -0.39 is 0 Å². The highest BCUT2D eigenvalue weighted by molar-refractivity contribution is 6.20. The molecule has 2 aliphatic heterocycles. The Labute approximate surface area is 277 Å². The van der Waals surface area contributed by atoms with E-state index in [2.05, 4.69) is 50.5 Å². The number of aliphatic hydroxyl groups excluding tert-OH is 1. The summed E-state index contributed by atoms with van der Waals surface area (Å²) >= 11 is 0. The van der Waals surface area contributed by atoms with Crippen molar-refractivity contribution in [2.75, 3.05) is 20.3 Å². The summed E-state index contributed by atoms with van der Waals surface area (Å²) < 4.78 is 10.4. The number of nitrogens with two attached hydrogens (primary N) is 1. The number of imidazole rings is 1. The molecule has 244 valence electrons. The molecule has 10 heteroatoms. The van der Waals surface area contributed by atoms with Crippen LogP contribution in [0, 0.1) is 11.8 Å². The average molecular weight is 643 g/mol. The first-order valence-electron chi connectivity index (χ1n) is 16.9. The number of piperidine rings is 1. The second-order valence-electron chi connectivity index (χ2n) is 14.0. The molecule has 0 spiro atoms. The summed E-state index contributed by atoms with van der Waals surface area (Å²) in [6.45, 7) is 1.39. The van der Waals surface area contributed by atoms with E-state index in [4.69, 9.17) is 15.5 Å². The van der Waals surface area contributed by atoms with Crippen LogP contribution in [0.2, 0.25) is 0 Å². The number of aryl methyl sites for hydroxylation is 1. The number of fused-ring (bicyclic) bond motifs is 5. The number of nitrogens with zero attached hydrogens (tertiary/aromatic N) is 5. The number of benzene rings is 2. The fourth-order valence-corrected chi connectivity index (χ4v) is 8.38. The molecule has 3 N–H and O–H groups in total. The van der Waals surface area contributed by atoms with E-state index in [0.29, 0.717) is 41.0 Å². The zero-order valence-electron chi connectivity index (χ0n) is 27.1. The lowest BCUT2D eigenvalue weighted by atomic mass is 9.85. The molecule has 5 aliphatic rings. The average Bonchev–Trinajstić information content (AvgIpc) is 3.50. The first-order valence-corrected chi connectivity index (χ1v) is 16.9. The summed E-state index contributed by atoms with van der Waals surface area (Å²) in [6.07, 6.45) is 11.9. The Hall–Kier alpha value is -4.80. The number of carbonyl (C=O) groups excluding carboxylic acids is 2. The second kappa shape index (κ2) is 10.9. The molecule has 48 heavy (non-hydrogen) atoms. The van der Waals surface area contributed by atoms with Crippen molar-refractivity contribution < 1.29 is 19.4 Å². The van der Waals surface area contributed by atoms with Gasteiger partial charge in [0.2, 0.25) is 0 Å². The maximum Gasteiger partial charge on any atom is 0.270 e. The van der Waals surface area contributed by atoms with Crippen molar-refractivity contribution in [2.24, 2.45) is 29.6 Å². The van der Waals surface area contributed by atoms with Crippen molar-refractivity contribution in [1.82, 2.24) is 19.0 Å². The Morgan fingerprint density at radius 3 is 2.71 bits per heavy atom. The van der Waals surface area contributed by atoms with Gasteiger partial charge in [0, 0.05) is 66.3 Å². The van der Waals surface area contributed by atoms with Crippen molar-refractivity contribution in [3.05, 3.63) is 83.0 Å². The number of hydrogen-bond donors (Lipinski definition) is 2. The van der Waals surface area contributed by atoms with Gasteiger partial charge in [0.1, 0.15) is 11.3 Å². The van der Waals surface area contributed by atoms with Gasteiger partial charge in [-0.1, -0.05) is 24.3 Å². The van der Waals surface area contributed by atoms with Crippen LogP contribution in [0.4, 0.5) is 0 Å². The lowest BCUT2D eigenvalue weighted by Crippen LogP contribution is -2.41. The Morgan fingerprint density at radius 2 is 1.98 bits per heavy atom. The first kappa shape index (κ1) is 29.3. The Bertz CT molecular complexity index is 2180. The number of ether oxygens (including phenoxy) is 1. The van der Waals surface area contributed by atoms with E-state index in [1.54, 1.807) is 7.11 Å². The van der Waals surface area contributed by atoms with Gasteiger partial charge < -0.3 is 29.6 Å². The zero-order chi connectivity index (χ0) is 32.8. The lowest BCUT2D eigenvalue weighted by Gasteiger charge is -2.27. The molecular weight excluding hydrogens is 604 g/mol. The number of rotatable bonds is 7. The SMILES string of the molecule is COc1cc(C(=O)N2CC3CCC2[C@@H]3N)cc2nc(-c3cc4ccc(C5C=CC6=NC(=O)C=C(CO)C6=C5)cc4n3CC3CC3)n(C)c12. The minimum atomic E-state index is -0.341. The lowest BCUT2D eigenvalue weighted by molar-refractivity contribution is -0.113. The number of aliphatic hydroxyl groups is 1. The van der Waals surface area contributed by atoms with Crippen molar-refractivity contribution in [3.8, 4) is 17.3 Å². The Balaban J connectivity index is 1.12. The third-order valence-corrected chi connectivity index (χ3v) is 11.1. The number of amides is 2. The maximum absolute atomic E-state index is 13.8. The number of allylic oxidation sites excluding steroid dienone is 3. The van der Waals surface area contributed by atoms with Gasteiger partial charge >= 0.3 is 0 Å². The molecule has 2 aromatic heterocycles. The molecule has 3 unspecified atom stereocenters. The number of carbonyl (C=O) groups is 2. The fraction of sp³-hybridized carbons (Fsp3) is 0.368. The van der Waals surface area contributed by atoms with Crippen molar-refractivity contribution >= 4 is 39.5 Å². The standard InChI is InChI=1S/C38H38N6O4/c1-42-36-29(12-25(15-33(36)48-2)38(47)44-18-24-8-10-30(44)35(24)39)41-37(42)32-14-23-6-5-22(13-31(23)43(32)17-20-3-4-20)21-7-9-28-27(11-21)26(19-45)16-34(46)40-28/h5-7,9,11-16,20-21,24,30,35,45H,3-4,8,10,17-19,39H2,1-2H3/t21?,24?,30?,35-/m1/s1. The molecule has 3 fully saturated rings. The summed E-state index contributed by atoms with van der Waals surface area (Å²) in [6, 6.07) is 12.7. The third-order valence-electron chi connectivity index (χ3n) is 11.1. The molecule has 0 radical (unpaired) electrons. The van der Waals surface area contributed by atoms with Gasteiger partial charge in [-0.25, -0.2) is 9.98 Å². The number of methoxy groups -OCH3 is 1. The number of dihydropyridines is 1. The van der Waals surface area contributed by atoms with Crippen LogP contribution in [0.25, 0.3) is 33.5 Å². The summed E-state index contributed by atoms with van der Waals surface area (Å²) in [5, 5.41) is 11.1. The van der Waals surface area contributed by atoms with Crippen LogP contribution in [-0.2, 0) is 18.4 Å². The van der Waals surface area contributed by atoms with Crippen molar-refractivity contribution in [1.29, 1.82) is 0 Å². The maximum atomic E-state index is 13.8. The second-order valence-corrected chi connectivity index (χ2v) is 14.0. The molecule has 9 rings (SSSR count). The quantitative estimate of drug-likeness (QED) is 0.302. The van der Waals surface area contributed by atoms with Crippen LogP contribution < -0.4 is 10.5 Å². The molecular formula is C38H38N6O4. The fourth-order valence-electron chi connectivity index (χ4n) is 8.38. The molecule has 2 saturated carbocycles. The van der Waals surface area contributed by atoms with Gasteiger partial charge in [-0.2, -0.15) is 0 Å². The van der Waals surface area contributed by atoms with E-state index >= 15 is 0 Å². The zero-order valence-corrected chi connectivity index (χ0v) is 27.1. The number of likely N-dealkylation sites (tertiary alicyclic amines) is 1. The molecule has 4 heterocycles. The predicted octanol–water partition coefficient (Wildman–Crippen LogP) is 4.66. The Morgan fingerprint density at radius 1 is 1.12 bits per heavy atom. The summed E-state index contributed by atoms with van der Waals surface area (Å²) in [4.78, 5) is 37.1.